The molecule has 3 aliphatic carbocycles. The molecule has 1 aliphatic heterocycles. The van der Waals surface area contributed by atoms with Crippen LogP contribution in [0.3, 0.4) is 0 Å². The number of rotatable bonds is 4. The SMILES string of the molecule is CN1CCCCC1.COc1ccc(C2(O)CCCCC2)cn1.COc1ccc(C2(O)CCCCC2)cn1.Cc1ccc2c(c1)CC=C2. The lowest BCUT2D eigenvalue weighted by Crippen LogP contribution is -2.28. The Morgan fingerprint density at radius 1 is 0.660 bits per heavy atom. The maximum absolute atomic E-state index is 10.4. The molecule has 0 amide bonds. The standard InChI is InChI=1S/2C12H17NO2.C10H10.C6H13N/c2*1-15-11-6-5-10(9-13-11)12(14)7-3-2-4-8-12;1-8-5-6-9-3-2-4-10(9)7-8;1-7-5-3-2-4-6-7/h2*5-6,9,14H,2-4,7-8H2,1H3;2-3,5-7H,4H2,1H3;2-6H2,1H3. The molecule has 1 aromatic carbocycles. The molecule has 3 fully saturated rings. The van der Waals surface area contributed by atoms with Gasteiger partial charge >= 0.3 is 0 Å². The van der Waals surface area contributed by atoms with E-state index in [4.69, 9.17) is 9.47 Å². The van der Waals surface area contributed by atoms with Gasteiger partial charge in [-0.05, 0) is 95.3 Å². The molecule has 0 spiro atoms. The highest BCUT2D eigenvalue weighted by atomic mass is 16.5. The predicted molar refractivity (Wildman–Crippen MR) is 191 cm³/mol. The van der Waals surface area contributed by atoms with Crippen molar-refractivity contribution in [3.8, 4) is 11.8 Å². The quantitative estimate of drug-likeness (QED) is 0.297. The van der Waals surface area contributed by atoms with Crippen LogP contribution in [0.5, 0.6) is 11.8 Å². The first kappa shape index (κ1) is 36.6. The summed E-state index contributed by atoms with van der Waals surface area (Å²) in [4.78, 5) is 10.7. The lowest BCUT2D eigenvalue weighted by atomic mass is 9.80. The van der Waals surface area contributed by atoms with Crippen LogP contribution in [0, 0.1) is 6.92 Å². The molecule has 2 aromatic heterocycles. The van der Waals surface area contributed by atoms with E-state index >= 15 is 0 Å². The van der Waals surface area contributed by atoms with E-state index in [2.05, 4.69) is 59.2 Å². The lowest BCUT2D eigenvalue weighted by molar-refractivity contribution is -0.00134. The zero-order chi connectivity index (χ0) is 33.5. The first-order valence-electron chi connectivity index (χ1n) is 17.7. The maximum atomic E-state index is 10.4. The van der Waals surface area contributed by atoms with E-state index in [1.807, 2.05) is 24.3 Å². The Balaban J connectivity index is 0.000000147. The van der Waals surface area contributed by atoms with E-state index < -0.39 is 11.2 Å². The molecule has 0 radical (unpaired) electrons. The van der Waals surface area contributed by atoms with E-state index in [1.165, 1.54) is 61.9 Å². The van der Waals surface area contributed by atoms with Crippen molar-refractivity contribution in [2.45, 2.75) is 108 Å². The van der Waals surface area contributed by atoms with Crippen LogP contribution in [-0.2, 0) is 17.6 Å². The second-order valence-corrected chi connectivity index (χ2v) is 13.5. The third-order valence-electron chi connectivity index (χ3n) is 9.84. The van der Waals surface area contributed by atoms with Crippen LogP contribution in [-0.4, -0.2) is 59.4 Å². The van der Waals surface area contributed by atoms with E-state index in [1.54, 1.807) is 26.6 Å². The molecule has 1 saturated heterocycles. The molecule has 3 aromatic rings. The number of benzene rings is 1. The fourth-order valence-corrected chi connectivity index (χ4v) is 6.84. The summed E-state index contributed by atoms with van der Waals surface area (Å²) in [6.07, 6.45) is 23.5. The third kappa shape index (κ3) is 11.2. The Morgan fingerprint density at radius 2 is 1.15 bits per heavy atom. The zero-order valence-electron chi connectivity index (χ0n) is 29.2. The normalized spacial score (nSPS) is 19.4. The number of pyridine rings is 2. The number of allylic oxidation sites excluding steroid dienone is 1. The van der Waals surface area contributed by atoms with Gasteiger partial charge in [0.25, 0.3) is 0 Å². The molecule has 2 saturated carbocycles. The molecule has 47 heavy (non-hydrogen) atoms. The zero-order valence-corrected chi connectivity index (χ0v) is 29.2. The van der Waals surface area contributed by atoms with E-state index in [0.29, 0.717) is 11.8 Å². The molecule has 7 nitrogen and oxygen atoms in total. The minimum Gasteiger partial charge on any atom is -0.481 e. The smallest absolute Gasteiger partial charge is 0.212 e. The number of hydrogen-bond donors (Lipinski definition) is 2. The Kier molecular flexibility index (Phi) is 14.3. The second-order valence-electron chi connectivity index (χ2n) is 13.5. The monoisotopic (exact) mass is 643 g/mol. The molecular formula is C40H57N3O4. The van der Waals surface area contributed by atoms with Crippen molar-refractivity contribution in [1.82, 2.24) is 14.9 Å². The van der Waals surface area contributed by atoms with Gasteiger partial charge in [-0.15, -0.1) is 0 Å². The summed E-state index contributed by atoms with van der Waals surface area (Å²) in [6, 6.07) is 14.1. The number of methoxy groups -OCH3 is 2. The molecule has 7 rings (SSSR count). The minimum atomic E-state index is -0.655. The summed E-state index contributed by atoms with van der Waals surface area (Å²) in [5, 5.41) is 20.9. The third-order valence-corrected chi connectivity index (χ3v) is 9.84. The van der Waals surface area contributed by atoms with Crippen molar-refractivity contribution in [2.75, 3.05) is 34.4 Å². The van der Waals surface area contributed by atoms with Gasteiger partial charge in [-0.3, -0.25) is 0 Å². The minimum absolute atomic E-state index is 0.596. The molecular weight excluding hydrogens is 586 g/mol. The van der Waals surface area contributed by atoms with Crippen LogP contribution >= 0.6 is 0 Å². The molecule has 0 unspecified atom stereocenters. The fourth-order valence-electron chi connectivity index (χ4n) is 6.84. The lowest BCUT2D eigenvalue weighted by Gasteiger charge is -2.32. The maximum Gasteiger partial charge on any atom is 0.212 e. The topological polar surface area (TPSA) is 87.9 Å². The van der Waals surface area contributed by atoms with Gasteiger partial charge < -0.3 is 24.6 Å². The van der Waals surface area contributed by atoms with Gasteiger partial charge in [0.1, 0.15) is 0 Å². The average Bonchev–Trinajstić information content (AvgIpc) is 3.58. The van der Waals surface area contributed by atoms with Crippen molar-refractivity contribution in [1.29, 1.82) is 0 Å². The predicted octanol–water partition coefficient (Wildman–Crippen LogP) is 8.15. The van der Waals surface area contributed by atoms with Gasteiger partial charge in [-0.1, -0.05) is 80.9 Å². The van der Waals surface area contributed by atoms with Crippen molar-refractivity contribution >= 4 is 6.08 Å². The number of aliphatic hydroxyl groups is 2. The molecule has 4 aliphatic rings. The summed E-state index contributed by atoms with van der Waals surface area (Å²) in [6.45, 7) is 4.78. The van der Waals surface area contributed by atoms with Gasteiger partial charge in [0, 0.05) is 35.7 Å². The Bertz CT molecular complexity index is 1290. The van der Waals surface area contributed by atoms with E-state index in [-0.39, 0.29) is 0 Å². The second kappa shape index (κ2) is 18.3. The molecule has 0 atom stereocenters. The number of hydrogen-bond acceptors (Lipinski definition) is 7. The summed E-state index contributed by atoms with van der Waals surface area (Å²) in [5.74, 6) is 1.19. The molecule has 2 N–H and O–H groups in total. The van der Waals surface area contributed by atoms with Crippen molar-refractivity contribution in [3.63, 3.8) is 0 Å². The number of fused-ring (bicyclic) bond motifs is 1. The van der Waals surface area contributed by atoms with Gasteiger partial charge in [-0.2, -0.15) is 0 Å². The molecule has 0 bridgehead atoms. The highest BCUT2D eigenvalue weighted by molar-refractivity contribution is 5.60. The first-order chi connectivity index (χ1) is 22.7. The summed E-state index contributed by atoms with van der Waals surface area (Å²) < 4.78 is 9.99. The Labute approximate surface area is 283 Å². The van der Waals surface area contributed by atoms with Gasteiger partial charge in [0.2, 0.25) is 11.8 Å². The van der Waals surface area contributed by atoms with Crippen molar-refractivity contribution < 1.29 is 19.7 Å². The Hall–Kier alpha value is -3.26. The van der Waals surface area contributed by atoms with Crippen LogP contribution in [0.15, 0.2) is 60.9 Å². The van der Waals surface area contributed by atoms with Crippen LogP contribution in [0.4, 0.5) is 0 Å². The number of piperidine rings is 1. The number of aromatic nitrogens is 2. The largest absolute Gasteiger partial charge is 0.481 e. The summed E-state index contributed by atoms with van der Waals surface area (Å²) in [5.41, 5.74) is 4.76. The average molecular weight is 644 g/mol. The van der Waals surface area contributed by atoms with E-state index in [9.17, 15) is 10.2 Å². The molecule has 7 heteroatoms. The number of likely N-dealkylation sites (tertiary alicyclic amines) is 1. The van der Waals surface area contributed by atoms with Crippen molar-refractivity contribution in [3.05, 3.63) is 88.8 Å². The van der Waals surface area contributed by atoms with Crippen LogP contribution in [0.2, 0.25) is 0 Å². The van der Waals surface area contributed by atoms with Gasteiger partial charge in [0.15, 0.2) is 0 Å². The van der Waals surface area contributed by atoms with Crippen LogP contribution < -0.4 is 9.47 Å². The van der Waals surface area contributed by atoms with Crippen LogP contribution in [0.25, 0.3) is 6.08 Å². The molecule has 256 valence electrons. The number of aryl methyl sites for hydroxylation is 1. The Morgan fingerprint density at radius 3 is 1.55 bits per heavy atom. The highest BCUT2D eigenvalue weighted by Gasteiger charge is 2.32. The summed E-state index contributed by atoms with van der Waals surface area (Å²) >= 11 is 0. The van der Waals surface area contributed by atoms with E-state index in [0.717, 1.165) is 68.9 Å². The van der Waals surface area contributed by atoms with Crippen molar-refractivity contribution in [2.24, 2.45) is 0 Å². The van der Waals surface area contributed by atoms with Gasteiger partial charge in [-0.25, -0.2) is 9.97 Å². The number of nitrogens with zero attached hydrogens (tertiary/aromatic N) is 3. The van der Waals surface area contributed by atoms with Gasteiger partial charge in [0.05, 0.1) is 25.4 Å². The van der Waals surface area contributed by atoms with Crippen LogP contribution in [0.1, 0.15) is 111 Å². The fraction of sp³-hybridized carbons (Fsp3) is 0.550. The first-order valence-corrected chi connectivity index (χ1v) is 17.7. The molecule has 3 heterocycles. The summed E-state index contributed by atoms with van der Waals surface area (Å²) in [7, 11) is 5.38. The number of ether oxygens (including phenoxy) is 2. The highest BCUT2D eigenvalue weighted by Crippen LogP contribution is 2.38.